The van der Waals surface area contributed by atoms with Crippen LogP contribution in [0, 0.1) is 5.82 Å². The summed E-state index contributed by atoms with van der Waals surface area (Å²) in [7, 11) is -2.25. The fourth-order valence-corrected chi connectivity index (χ4v) is 4.23. The number of sulfonamides is 1. The quantitative estimate of drug-likeness (QED) is 0.559. The number of ether oxygens (including phenoxy) is 2. The molecule has 0 bridgehead atoms. The number of aromatic nitrogens is 2. The smallest absolute Gasteiger partial charge is 0.241 e. The van der Waals surface area contributed by atoms with E-state index in [1.165, 1.54) is 30.3 Å². The summed E-state index contributed by atoms with van der Waals surface area (Å²) in [6.07, 6.45) is 3.25. The lowest BCUT2D eigenvalue weighted by atomic mass is 10.1. The van der Waals surface area contributed by atoms with Crippen LogP contribution in [0.1, 0.15) is 31.3 Å². The summed E-state index contributed by atoms with van der Waals surface area (Å²) in [5, 5.41) is 0. The minimum Gasteiger partial charge on any atom is -0.490 e. The lowest BCUT2D eigenvalue weighted by molar-refractivity contribution is 0.287. The van der Waals surface area contributed by atoms with Gasteiger partial charge in [-0.05, 0) is 43.7 Å². The molecule has 0 aliphatic heterocycles. The van der Waals surface area contributed by atoms with Gasteiger partial charge >= 0.3 is 0 Å². The van der Waals surface area contributed by atoms with E-state index in [2.05, 4.69) is 9.71 Å². The summed E-state index contributed by atoms with van der Waals surface area (Å²) >= 11 is 0. The Bertz CT molecular complexity index is 1110. The van der Waals surface area contributed by atoms with E-state index in [9.17, 15) is 12.8 Å². The summed E-state index contributed by atoms with van der Waals surface area (Å²) < 4.78 is 55.6. The molecular weight excluding hydrogens is 409 g/mol. The maximum absolute atomic E-state index is 13.8. The standard InChI is InChI=1S/C21H24FN3O4S/c1-4-28-18-10-9-17(14-19(18)29-5-2)30(26,27)24-20(21-23-11-12-25(21)3)15-7-6-8-16(22)13-15/h6-14,20,24H,4-5H2,1-3H3/t20-/m0/s1. The zero-order valence-corrected chi connectivity index (χ0v) is 17.8. The Morgan fingerprint density at radius 3 is 2.47 bits per heavy atom. The Labute approximate surface area is 175 Å². The van der Waals surface area contributed by atoms with E-state index in [0.717, 1.165) is 0 Å². The predicted molar refractivity (Wildman–Crippen MR) is 111 cm³/mol. The molecule has 1 heterocycles. The molecule has 0 fully saturated rings. The maximum Gasteiger partial charge on any atom is 0.241 e. The van der Waals surface area contributed by atoms with Crippen molar-refractivity contribution < 1.29 is 22.3 Å². The number of rotatable bonds is 9. The van der Waals surface area contributed by atoms with Gasteiger partial charge in [-0.2, -0.15) is 4.72 Å². The van der Waals surface area contributed by atoms with Crippen LogP contribution in [-0.4, -0.2) is 31.2 Å². The zero-order valence-electron chi connectivity index (χ0n) is 17.0. The molecule has 0 radical (unpaired) electrons. The molecule has 0 spiro atoms. The Kier molecular flexibility index (Phi) is 6.73. The van der Waals surface area contributed by atoms with E-state index < -0.39 is 21.9 Å². The van der Waals surface area contributed by atoms with Crippen molar-refractivity contribution in [1.29, 1.82) is 0 Å². The van der Waals surface area contributed by atoms with Gasteiger partial charge in [0.15, 0.2) is 11.5 Å². The molecule has 0 aliphatic rings. The minimum absolute atomic E-state index is 0.00464. The van der Waals surface area contributed by atoms with Crippen LogP contribution in [0.4, 0.5) is 4.39 Å². The summed E-state index contributed by atoms with van der Waals surface area (Å²) in [5.41, 5.74) is 0.434. The highest BCUT2D eigenvalue weighted by Gasteiger charge is 2.27. The third-order valence-electron chi connectivity index (χ3n) is 4.40. The van der Waals surface area contributed by atoms with Gasteiger partial charge in [0.2, 0.25) is 10.0 Å². The van der Waals surface area contributed by atoms with Gasteiger partial charge in [0.1, 0.15) is 17.7 Å². The Balaban J connectivity index is 2.01. The first kappa shape index (κ1) is 21.8. The van der Waals surface area contributed by atoms with Gasteiger partial charge in [0.05, 0.1) is 18.1 Å². The molecule has 160 valence electrons. The second-order valence-corrected chi connectivity index (χ2v) is 8.19. The van der Waals surface area contributed by atoms with E-state index in [4.69, 9.17) is 9.47 Å². The van der Waals surface area contributed by atoms with Gasteiger partial charge < -0.3 is 14.0 Å². The average molecular weight is 434 g/mol. The van der Waals surface area contributed by atoms with Gasteiger partial charge in [0, 0.05) is 25.5 Å². The van der Waals surface area contributed by atoms with Gasteiger partial charge in [-0.3, -0.25) is 0 Å². The van der Waals surface area contributed by atoms with Crippen LogP contribution in [0.25, 0.3) is 0 Å². The molecule has 7 nitrogen and oxygen atoms in total. The van der Waals surface area contributed by atoms with Crippen molar-refractivity contribution in [2.75, 3.05) is 13.2 Å². The molecule has 0 aliphatic carbocycles. The largest absolute Gasteiger partial charge is 0.490 e. The van der Waals surface area contributed by atoms with E-state index >= 15 is 0 Å². The first-order valence-corrected chi connectivity index (χ1v) is 11.0. The van der Waals surface area contributed by atoms with Crippen LogP contribution in [0.5, 0.6) is 11.5 Å². The van der Waals surface area contributed by atoms with E-state index in [0.29, 0.717) is 36.1 Å². The highest BCUT2D eigenvalue weighted by Crippen LogP contribution is 2.31. The van der Waals surface area contributed by atoms with Gasteiger partial charge in [0.25, 0.3) is 0 Å². The summed E-state index contributed by atoms with van der Waals surface area (Å²) in [6.45, 7) is 4.41. The molecule has 0 unspecified atom stereocenters. The van der Waals surface area contributed by atoms with Crippen molar-refractivity contribution >= 4 is 10.0 Å². The van der Waals surface area contributed by atoms with Crippen molar-refractivity contribution in [2.45, 2.75) is 24.8 Å². The molecule has 1 atom stereocenters. The van der Waals surface area contributed by atoms with Crippen molar-refractivity contribution in [2.24, 2.45) is 7.05 Å². The zero-order chi connectivity index (χ0) is 21.7. The lowest BCUT2D eigenvalue weighted by Crippen LogP contribution is -2.31. The molecule has 1 aromatic heterocycles. The van der Waals surface area contributed by atoms with Crippen LogP contribution in [-0.2, 0) is 17.1 Å². The van der Waals surface area contributed by atoms with Crippen LogP contribution in [0.15, 0.2) is 59.8 Å². The molecule has 1 N–H and O–H groups in total. The lowest BCUT2D eigenvalue weighted by Gasteiger charge is -2.20. The number of nitrogens with one attached hydrogen (secondary N) is 1. The first-order chi connectivity index (χ1) is 14.4. The number of imidazole rings is 1. The molecule has 0 saturated carbocycles. The minimum atomic E-state index is -4.00. The second-order valence-electron chi connectivity index (χ2n) is 6.48. The van der Waals surface area contributed by atoms with E-state index in [1.54, 1.807) is 43.1 Å². The van der Waals surface area contributed by atoms with Crippen molar-refractivity contribution in [1.82, 2.24) is 14.3 Å². The molecule has 0 saturated heterocycles. The van der Waals surface area contributed by atoms with E-state index in [1.807, 2.05) is 6.92 Å². The Morgan fingerprint density at radius 2 is 1.83 bits per heavy atom. The first-order valence-electron chi connectivity index (χ1n) is 9.50. The molecule has 0 amide bonds. The van der Waals surface area contributed by atoms with Crippen LogP contribution >= 0.6 is 0 Å². The Hall–Kier alpha value is -2.91. The maximum atomic E-state index is 13.8. The van der Waals surface area contributed by atoms with E-state index in [-0.39, 0.29) is 4.90 Å². The highest BCUT2D eigenvalue weighted by atomic mass is 32.2. The summed E-state index contributed by atoms with van der Waals surface area (Å²) in [5.74, 6) is 0.761. The third kappa shape index (κ3) is 4.80. The topological polar surface area (TPSA) is 82.5 Å². The number of aryl methyl sites for hydroxylation is 1. The van der Waals surface area contributed by atoms with Gasteiger partial charge in [-0.1, -0.05) is 12.1 Å². The summed E-state index contributed by atoms with van der Waals surface area (Å²) in [4.78, 5) is 4.26. The number of hydrogen-bond donors (Lipinski definition) is 1. The molecule has 2 aromatic carbocycles. The second kappa shape index (κ2) is 9.27. The average Bonchev–Trinajstić information content (AvgIpc) is 3.13. The molecule has 9 heteroatoms. The third-order valence-corrected chi connectivity index (χ3v) is 5.82. The van der Waals surface area contributed by atoms with Crippen molar-refractivity contribution in [3.63, 3.8) is 0 Å². The van der Waals surface area contributed by atoms with Gasteiger partial charge in [-0.25, -0.2) is 17.8 Å². The normalized spacial score (nSPS) is 12.5. The SMILES string of the molecule is CCOc1ccc(S(=O)(=O)N[C@@H](c2cccc(F)c2)c2nccn2C)cc1OCC. The van der Waals surface area contributed by atoms with Crippen molar-refractivity contribution in [3.05, 3.63) is 72.1 Å². The monoisotopic (exact) mass is 433 g/mol. The Morgan fingerprint density at radius 1 is 1.10 bits per heavy atom. The highest BCUT2D eigenvalue weighted by molar-refractivity contribution is 7.89. The summed E-state index contributed by atoms with van der Waals surface area (Å²) in [6, 6.07) is 9.29. The number of hydrogen-bond acceptors (Lipinski definition) is 5. The number of benzene rings is 2. The van der Waals surface area contributed by atoms with Gasteiger partial charge in [-0.15, -0.1) is 0 Å². The van der Waals surface area contributed by atoms with Crippen LogP contribution < -0.4 is 14.2 Å². The van der Waals surface area contributed by atoms with Crippen LogP contribution in [0.2, 0.25) is 0 Å². The number of nitrogens with zero attached hydrogens (tertiary/aromatic N) is 2. The molecule has 30 heavy (non-hydrogen) atoms. The van der Waals surface area contributed by atoms with Crippen molar-refractivity contribution in [3.8, 4) is 11.5 Å². The fraction of sp³-hybridized carbons (Fsp3) is 0.286. The molecule has 3 aromatic rings. The predicted octanol–water partition coefficient (Wildman–Crippen LogP) is 3.42. The number of halogens is 1. The van der Waals surface area contributed by atoms with Crippen LogP contribution in [0.3, 0.4) is 0 Å². The fourth-order valence-electron chi connectivity index (χ4n) is 3.03. The molecule has 3 rings (SSSR count). The molecular formula is C21H24FN3O4S.